The minimum atomic E-state index is -0.372. The molecule has 1 saturated heterocycles. The zero-order valence-corrected chi connectivity index (χ0v) is 12.6. The molecule has 5 heteroatoms. The van der Waals surface area contributed by atoms with E-state index in [4.69, 9.17) is 15.2 Å². The van der Waals surface area contributed by atoms with Crippen molar-refractivity contribution in [3.05, 3.63) is 29.6 Å². The smallest absolute Gasteiger partial charge is 0.125 e. The first-order chi connectivity index (χ1) is 9.97. The summed E-state index contributed by atoms with van der Waals surface area (Å²) >= 11 is 0. The predicted octanol–water partition coefficient (Wildman–Crippen LogP) is 1.94. The summed E-state index contributed by atoms with van der Waals surface area (Å²) in [7, 11) is 0. The molecule has 116 valence electrons. The van der Waals surface area contributed by atoms with Gasteiger partial charge in [0, 0.05) is 37.2 Å². The fourth-order valence-corrected chi connectivity index (χ4v) is 3.28. The highest BCUT2D eigenvalue weighted by molar-refractivity contribution is 5.40. The highest BCUT2D eigenvalue weighted by atomic mass is 19.1. The SMILES string of the molecule is CC1(C)Oc2ccc(F)cc2C(N)C1CN1CCOCC1. The summed E-state index contributed by atoms with van der Waals surface area (Å²) in [5.74, 6) is 0.551. The Labute approximate surface area is 125 Å². The van der Waals surface area contributed by atoms with Crippen LogP contribution in [0.5, 0.6) is 5.75 Å². The molecule has 2 aliphatic heterocycles. The number of morpholine rings is 1. The fourth-order valence-electron chi connectivity index (χ4n) is 3.28. The van der Waals surface area contributed by atoms with E-state index in [1.54, 1.807) is 6.07 Å². The number of halogens is 1. The van der Waals surface area contributed by atoms with Crippen molar-refractivity contribution >= 4 is 0 Å². The summed E-state index contributed by atoms with van der Waals surface area (Å²) in [6.07, 6.45) is 0. The van der Waals surface area contributed by atoms with Crippen LogP contribution in [0.15, 0.2) is 18.2 Å². The standard InChI is InChI=1S/C16H23FN2O2/c1-16(2)13(10-19-5-7-20-8-6-19)15(18)12-9-11(17)3-4-14(12)21-16/h3-4,9,13,15H,5-8,10,18H2,1-2H3. The molecule has 0 aromatic heterocycles. The van der Waals surface area contributed by atoms with Crippen molar-refractivity contribution in [3.63, 3.8) is 0 Å². The van der Waals surface area contributed by atoms with E-state index in [0.717, 1.165) is 38.4 Å². The molecule has 2 heterocycles. The van der Waals surface area contributed by atoms with Gasteiger partial charge < -0.3 is 15.2 Å². The number of nitrogens with zero attached hydrogens (tertiary/aromatic N) is 1. The second-order valence-electron chi connectivity index (χ2n) is 6.43. The van der Waals surface area contributed by atoms with Gasteiger partial charge in [-0.2, -0.15) is 0 Å². The lowest BCUT2D eigenvalue weighted by molar-refractivity contribution is -0.0288. The Kier molecular flexibility index (Phi) is 3.90. The molecular formula is C16H23FN2O2. The third kappa shape index (κ3) is 2.91. The maximum atomic E-state index is 13.5. The van der Waals surface area contributed by atoms with E-state index in [0.29, 0.717) is 5.75 Å². The summed E-state index contributed by atoms with van der Waals surface area (Å²) in [5, 5.41) is 0. The normalized spacial score (nSPS) is 28.8. The van der Waals surface area contributed by atoms with Gasteiger partial charge >= 0.3 is 0 Å². The highest BCUT2D eigenvalue weighted by Crippen LogP contribution is 2.43. The molecule has 0 spiro atoms. The second kappa shape index (κ2) is 5.55. The van der Waals surface area contributed by atoms with Crippen molar-refractivity contribution in [3.8, 4) is 5.75 Å². The Morgan fingerprint density at radius 2 is 2.05 bits per heavy atom. The predicted molar refractivity (Wildman–Crippen MR) is 78.8 cm³/mol. The van der Waals surface area contributed by atoms with Crippen LogP contribution in [0.1, 0.15) is 25.5 Å². The van der Waals surface area contributed by atoms with Crippen LogP contribution in [-0.2, 0) is 4.74 Å². The van der Waals surface area contributed by atoms with Gasteiger partial charge in [0.15, 0.2) is 0 Å². The molecule has 1 aromatic carbocycles. The lowest BCUT2D eigenvalue weighted by Gasteiger charge is -2.46. The van der Waals surface area contributed by atoms with Crippen LogP contribution >= 0.6 is 0 Å². The van der Waals surface area contributed by atoms with Gasteiger partial charge in [-0.3, -0.25) is 4.90 Å². The zero-order chi connectivity index (χ0) is 15.0. The van der Waals surface area contributed by atoms with Crippen molar-refractivity contribution in [1.82, 2.24) is 4.90 Å². The van der Waals surface area contributed by atoms with Crippen molar-refractivity contribution in [2.75, 3.05) is 32.8 Å². The molecule has 2 unspecified atom stereocenters. The van der Waals surface area contributed by atoms with Gasteiger partial charge in [0.25, 0.3) is 0 Å². The third-order valence-corrected chi connectivity index (χ3v) is 4.59. The summed E-state index contributed by atoms with van der Waals surface area (Å²) in [6, 6.07) is 4.38. The molecule has 1 fully saturated rings. The van der Waals surface area contributed by atoms with Crippen LogP contribution in [-0.4, -0.2) is 43.3 Å². The van der Waals surface area contributed by atoms with Crippen LogP contribution in [0.3, 0.4) is 0 Å². The number of benzene rings is 1. The molecule has 0 saturated carbocycles. The van der Waals surface area contributed by atoms with E-state index in [-0.39, 0.29) is 23.4 Å². The summed E-state index contributed by atoms with van der Waals surface area (Å²) in [5.41, 5.74) is 6.85. The second-order valence-corrected chi connectivity index (χ2v) is 6.43. The first-order valence-electron chi connectivity index (χ1n) is 7.51. The van der Waals surface area contributed by atoms with Crippen LogP contribution in [0.2, 0.25) is 0 Å². The molecule has 4 nitrogen and oxygen atoms in total. The first kappa shape index (κ1) is 14.8. The van der Waals surface area contributed by atoms with E-state index in [2.05, 4.69) is 18.7 Å². The number of rotatable bonds is 2. The third-order valence-electron chi connectivity index (χ3n) is 4.59. The maximum absolute atomic E-state index is 13.5. The van der Waals surface area contributed by atoms with Gasteiger partial charge in [0.1, 0.15) is 17.2 Å². The van der Waals surface area contributed by atoms with Crippen molar-refractivity contribution in [2.45, 2.75) is 25.5 Å². The Balaban J connectivity index is 1.85. The van der Waals surface area contributed by atoms with E-state index in [1.807, 2.05) is 0 Å². The average molecular weight is 294 g/mol. The molecule has 0 amide bonds. The molecule has 0 aliphatic carbocycles. The number of ether oxygens (including phenoxy) is 2. The van der Waals surface area contributed by atoms with E-state index in [9.17, 15) is 4.39 Å². The van der Waals surface area contributed by atoms with Gasteiger partial charge in [0.2, 0.25) is 0 Å². The van der Waals surface area contributed by atoms with Crippen molar-refractivity contribution < 1.29 is 13.9 Å². The van der Waals surface area contributed by atoms with Crippen LogP contribution in [0.25, 0.3) is 0 Å². The topological polar surface area (TPSA) is 47.7 Å². The minimum absolute atomic E-state index is 0.116. The lowest BCUT2D eigenvalue weighted by Crippen LogP contribution is -2.53. The Hall–Kier alpha value is -1.17. The summed E-state index contributed by atoms with van der Waals surface area (Å²) < 4.78 is 25.0. The van der Waals surface area contributed by atoms with Crippen molar-refractivity contribution in [1.29, 1.82) is 0 Å². The van der Waals surface area contributed by atoms with Crippen molar-refractivity contribution in [2.24, 2.45) is 11.7 Å². The highest BCUT2D eigenvalue weighted by Gasteiger charge is 2.43. The molecule has 0 radical (unpaired) electrons. The van der Waals surface area contributed by atoms with Crippen LogP contribution in [0.4, 0.5) is 4.39 Å². The monoisotopic (exact) mass is 294 g/mol. The molecule has 21 heavy (non-hydrogen) atoms. The molecule has 2 N–H and O–H groups in total. The Bertz CT molecular complexity index is 515. The molecule has 3 rings (SSSR count). The number of hydrogen-bond donors (Lipinski definition) is 1. The van der Waals surface area contributed by atoms with Gasteiger partial charge in [-0.05, 0) is 32.0 Å². The Morgan fingerprint density at radius 1 is 1.33 bits per heavy atom. The van der Waals surface area contributed by atoms with E-state index < -0.39 is 0 Å². The van der Waals surface area contributed by atoms with E-state index >= 15 is 0 Å². The fraction of sp³-hybridized carbons (Fsp3) is 0.625. The molecule has 2 aliphatic rings. The van der Waals surface area contributed by atoms with Crippen LogP contribution < -0.4 is 10.5 Å². The maximum Gasteiger partial charge on any atom is 0.125 e. The summed E-state index contributed by atoms with van der Waals surface area (Å²) in [4.78, 5) is 2.35. The molecule has 1 aromatic rings. The summed E-state index contributed by atoms with van der Waals surface area (Å²) in [6.45, 7) is 8.30. The number of hydrogen-bond acceptors (Lipinski definition) is 4. The zero-order valence-electron chi connectivity index (χ0n) is 12.6. The largest absolute Gasteiger partial charge is 0.487 e. The average Bonchev–Trinajstić information content (AvgIpc) is 2.45. The van der Waals surface area contributed by atoms with Gasteiger partial charge in [0.05, 0.1) is 13.2 Å². The van der Waals surface area contributed by atoms with Gasteiger partial charge in [-0.1, -0.05) is 0 Å². The lowest BCUT2D eigenvalue weighted by atomic mass is 9.78. The molecular weight excluding hydrogens is 271 g/mol. The van der Waals surface area contributed by atoms with E-state index in [1.165, 1.54) is 12.1 Å². The van der Waals surface area contributed by atoms with Gasteiger partial charge in [-0.25, -0.2) is 4.39 Å². The molecule has 0 bridgehead atoms. The molecule has 2 atom stereocenters. The number of fused-ring (bicyclic) bond motifs is 1. The Morgan fingerprint density at radius 3 is 2.76 bits per heavy atom. The number of nitrogens with two attached hydrogens (primary N) is 1. The quantitative estimate of drug-likeness (QED) is 0.905. The minimum Gasteiger partial charge on any atom is -0.487 e. The first-order valence-corrected chi connectivity index (χ1v) is 7.51. The van der Waals surface area contributed by atoms with Gasteiger partial charge in [-0.15, -0.1) is 0 Å². The van der Waals surface area contributed by atoms with Crippen LogP contribution in [0, 0.1) is 11.7 Å².